The van der Waals surface area contributed by atoms with E-state index in [0.29, 0.717) is 19.0 Å². The molecule has 2 N–H and O–H groups in total. The van der Waals surface area contributed by atoms with Gasteiger partial charge in [0.1, 0.15) is 24.1 Å². The number of guanidine groups is 1. The highest BCUT2D eigenvalue weighted by Gasteiger charge is 2.08. The van der Waals surface area contributed by atoms with Gasteiger partial charge in [0.05, 0.1) is 13.7 Å². The predicted molar refractivity (Wildman–Crippen MR) is 120 cm³/mol. The molecule has 7 heteroatoms. The van der Waals surface area contributed by atoms with Crippen LogP contribution in [-0.4, -0.2) is 63.7 Å². The van der Waals surface area contributed by atoms with Crippen LogP contribution in [0, 0.1) is 0 Å². The molecular weight excluding hydrogens is 380 g/mol. The lowest BCUT2D eigenvalue weighted by Gasteiger charge is -2.18. The van der Waals surface area contributed by atoms with Crippen LogP contribution in [0.1, 0.15) is 12.5 Å². The summed E-state index contributed by atoms with van der Waals surface area (Å²) in [5.41, 5.74) is 1.24. The van der Waals surface area contributed by atoms with Crippen molar-refractivity contribution < 1.29 is 14.3 Å². The molecule has 1 amide bonds. The molecule has 0 aliphatic heterocycles. The van der Waals surface area contributed by atoms with Crippen LogP contribution in [-0.2, 0) is 11.2 Å². The van der Waals surface area contributed by atoms with Crippen molar-refractivity contribution in [3.63, 3.8) is 0 Å². The Balaban J connectivity index is 1.90. The molecule has 2 rings (SSSR count). The molecule has 0 spiro atoms. The topological polar surface area (TPSA) is 75.2 Å². The van der Waals surface area contributed by atoms with Gasteiger partial charge in [0.2, 0.25) is 5.91 Å². The second-order valence-corrected chi connectivity index (χ2v) is 7.10. The summed E-state index contributed by atoms with van der Waals surface area (Å²) in [5.74, 6) is 2.02. The van der Waals surface area contributed by atoms with Crippen LogP contribution in [0.2, 0.25) is 0 Å². The highest BCUT2D eigenvalue weighted by Crippen LogP contribution is 2.19. The van der Waals surface area contributed by atoms with E-state index < -0.39 is 0 Å². The monoisotopic (exact) mass is 412 g/mol. The van der Waals surface area contributed by atoms with E-state index in [1.165, 1.54) is 10.5 Å². The molecule has 1 unspecified atom stereocenters. The zero-order valence-electron chi connectivity index (χ0n) is 18.2. The minimum Gasteiger partial charge on any atom is -0.497 e. The fourth-order valence-electron chi connectivity index (χ4n) is 2.62. The van der Waals surface area contributed by atoms with E-state index in [0.717, 1.165) is 17.9 Å². The number of nitrogens with one attached hydrogen (secondary N) is 2. The Morgan fingerprint density at radius 2 is 1.80 bits per heavy atom. The fraction of sp³-hybridized carbons (Fsp3) is 0.391. The van der Waals surface area contributed by atoms with Gasteiger partial charge >= 0.3 is 0 Å². The summed E-state index contributed by atoms with van der Waals surface area (Å²) in [4.78, 5) is 17.8. The number of ether oxygens (including phenoxy) is 2. The maximum absolute atomic E-state index is 11.9. The molecule has 0 fully saturated rings. The van der Waals surface area contributed by atoms with E-state index >= 15 is 0 Å². The minimum atomic E-state index is -0.109. The Kier molecular flexibility index (Phi) is 9.51. The van der Waals surface area contributed by atoms with Crippen LogP contribution in [0.15, 0.2) is 59.6 Å². The summed E-state index contributed by atoms with van der Waals surface area (Å²) < 4.78 is 11.2. The van der Waals surface area contributed by atoms with E-state index in [4.69, 9.17) is 9.47 Å². The van der Waals surface area contributed by atoms with Crippen molar-refractivity contribution in [1.29, 1.82) is 0 Å². The average molecular weight is 413 g/mol. The third-order valence-corrected chi connectivity index (χ3v) is 4.36. The lowest BCUT2D eigenvalue weighted by atomic mass is 10.1. The normalized spacial score (nSPS) is 12.1. The average Bonchev–Trinajstić information content (AvgIpc) is 2.75. The van der Waals surface area contributed by atoms with Gasteiger partial charge in [0.15, 0.2) is 5.96 Å². The number of hydrogen-bond acceptors (Lipinski definition) is 4. The first-order chi connectivity index (χ1) is 14.5. The largest absolute Gasteiger partial charge is 0.497 e. The Morgan fingerprint density at radius 3 is 2.50 bits per heavy atom. The van der Waals surface area contributed by atoms with Gasteiger partial charge in [-0.15, -0.1) is 0 Å². The number of benzene rings is 2. The van der Waals surface area contributed by atoms with Crippen molar-refractivity contribution in [2.24, 2.45) is 4.99 Å². The van der Waals surface area contributed by atoms with Gasteiger partial charge in [-0.1, -0.05) is 36.4 Å². The number of carbonyl (C=O) groups excluding carboxylic acids is 1. The zero-order valence-corrected chi connectivity index (χ0v) is 18.2. The highest BCUT2D eigenvalue weighted by molar-refractivity contribution is 5.84. The van der Waals surface area contributed by atoms with Gasteiger partial charge in [-0.2, -0.15) is 0 Å². The molecule has 162 valence electrons. The first-order valence-electron chi connectivity index (χ1n) is 10.0. The third-order valence-electron chi connectivity index (χ3n) is 4.36. The quantitative estimate of drug-likeness (QED) is 0.463. The van der Waals surface area contributed by atoms with Gasteiger partial charge in [-0.05, 0) is 31.0 Å². The molecule has 0 aromatic heterocycles. The number of rotatable bonds is 10. The van der Waals surface area contributed by atoms with Gasteiger partial charge in [0.25, 0.3) is 0 Å². The summed E-state index contributed by atoms with van der Waals surface area (Å²) in [7, 11) is 5.07. The van der Waals surface area contributed by atoms with Crippen LogP contribution >= 0.6 is 0 Å². The Bertz CT molecular complexity index is 809. The molecule has 2 aromatic carbocycles. The number of amides is 1. The maximum atomic E-state index is 11.9. The molecule has 2 aromatic rings. The fourth-order valence-corrected chi connectivity index (χ4v) is 2.62. The molecule has 7 nitrogen and oxygen atoms in total. The summed E-state index contributed by atoms with van der Waals surface area (Å²) in [6, 6.07) is 17.7. The second kappa shape index (κ2) is 12.4. The second-order valence-electron chi connectivity index (χ2n) is 7.10. The van der Waals surface area contributed by atoms with E-state index in [2.05, 4.69) is 27.8 Å². The SMILES string of the molecule is COc1cccc(OC(C)CNC(=NCC(=O)N(C)C)NCCc2ccccc2)c1. The molecule has 30 heavy (non-hydrogen) atoms. The first-order valence-corrected chi connectivity index (χ1v) is 10.0. The maximum Gasteiger partial charge on any atom is 0.243 e. The van der Waals surface area contributed by atoms with E-state index in [-0.39, 0.29) is 18.6 Å². The van der Waals surface area contributed by atoms with Crippen molar-refractivity contribution in [2.45, 2.75) is 19.4 Å². The van der Waals surface area contributed by atoms with E-state index in [1.54, 1.807) is 21.2 Å². The molecule has 0 saturated carbocycles. The van der Waals surface area contributed by atoms with Crippen molar-refractivity contribution in [3.8, 4) is 11.5 Å². The van der Waals surface area contributed by atoms with Crippen molar-refractivity contribution in [3.05, 3.63) is 60.2 Å². The molecular formula is C23H32N4O3. The number of aliphatic imine (C=N–C) groups is 1. The smallest absolute Gasteiger partial charge is 0.243 e. The molecule has 0 saturated heterocycles. The Hall–Kier alpha value is -3.22. The Morgan fingerprint density at radius 1 is 1.07 bits per heavy atom. The highest BCUT2D eigenvalue weighted by atomic mass is 16.5. The van der Waals surface area contributed by atoms with Crippen molar-refractivity contribution >= 4 is 11.9 Å². The van der Waals surface area contributed by atoms with Gasteiger partial charge in [-0.25, -0.2) is 4.99 Å². The van der Waals surface area contributed by atoms with Crippen molar-refractivity contribution in [1.82, 2.24) is 15.5 Å². The number of nitrogens with zero attached hydrogens (tertiary/aromatic N) is 2. The van der Waals surface area contributed by atoms with Crippen LogP contribution in [0.5, 0.6) is 11.5 Å². The summed E-state index contributed by atoms with van der Waals surface area (Å²) >= 11 is 0. The van der Waals surface area contributed by atoms with Crippen molar-refractivity contribution in [2.75, 3.05) is 40.8 Å². The molecule has 1 atom stereocenters. The summed E-state index contributed by atoms with van der Waals surface area (Å²) in [6.45, 7) is 3.29. The lowest BCUT2D eigenvalue weighted by molar-refractivity contribution is -0.127. The third kappa shape index (κ3) is 8.43. The predicted octanol–water partition coefficient (Wildman–Crippen LogP) is 2.33. The van der Waals surface area contributed by atoms with Gasteiger partial charge in [0, 0.05) is 26.7 Å². The standard InChI is InChI=1S/C23H32N4O3/c1-18(30-21-12-8-11-20(15-21)29-4)16-25-23(26-17-22(28)27(2)3)24-14-13-19-9-6-5-7-10-19/h5-12,15,18H,13-14,16-17H2,1-4H3,(H2,24,25,26). The van der Waals surface area contributed by atoms with Crippen LogP contribution < -0.4 is 20.1 Å². The van der Waals surface area contributed by atoms with Gasteiger partial charge in [-0.3, -0.25) is 4.79 Å². The van der Waals surface area contributed by atoms with Crippen LogP contribution in [0.25, 0.3) is 0 Å². The molecule has 0 heterocycles. The number of carbonyl (C=O) groups is 1. The number of hydrogen-bond donors (Lipinski definition) is 2. The number of methoxy groups -OCH3 is 1. The van der Waals surface area contributed by atoms with E-state index in [1.807, 2.05) is 49.4 Å². The molecule has 0 aliphatic rings. The summed E-state index contributed by atoms with van der Waals surface area (Å²) in [5, 5.41) is 6.55. The molecule has 0 bridgehead atoms. The first kappa shape index (κ1) is 23.1. The number of likely N-dealkylation sites (N-methyl/N-ethyl adjacent to an activating group) is 1. The minimum absolute atomic E-state index is 0.0557. The van der Waals surface area contributed by atoms with Crippen LogP contribution in [0.3, 0.4) is 0 Å². The Labute approximate surface area is 179 Å². The molecule has 0 aliphatic carbocycles. The lowest BCUT2D eigenvalue weighted by Crippen LogP contribution is -2.43. The van der Waals surface area contributed by atoms with Crippen LogP contribution in [0.4, 0.5) is 0 Å². The zero-order chi connectivity index (χ0) is 21.8. The van der Waals surface area contributed by atoms with Gasteiger partial charge < -0.3 is 25.0 Å². The molecule has 0 radical (unpaired) electrons. The summed E-state index contributed by atoms with van der Waals surface area (Å²) in [6.07, 6.45) is 0.752. The van der Waals surface area contributed by atoms with E-state index in [9.17, 15) is 4.79 Å².